The second-order valence-electron chi connectivity index (χ2n) is 8.46. The number of fused-ring (bicyclic) bond motifs is 3. The molecule has 5 rings (SSSR count). The van der Waals surface area contributed by atoms with Crippen molar-refractivity contribution in [2.45, 2.75) is 31.1 Å². The lowest BCUT2D eigenvalue weighted by Gasteiger charge is -2.22. The van der Waals surface area contributed by atoms with E-state index in [9.17, 15) is 14.7 Å². The maximum Gasteiger partial charge on any atom is 0.410 e. The lowest BCUT2D eigenvalue weighted by Crippen LogP contribution is -2.41. The molecule has 0 aromatic heterocycles. The van der Waals surface area contributed by atoms with Crippen molar-refractivity contribution in [1.82, 2.24) is 4.90 Å². The molecule has 2 unspecified atom stereocenters. The number of hydrogen-bond acceptors (Lipinski definition) is 4. The zero-order chi connectivity index (χ0) is 22.8. The summed E-state index contributed by atoms with van der Waals surface area (Å²) < 4.78 is 11.6. The fourth-order valence-electron chi connectivity index (χ4n) is 4.82. The third-order valence-electron chi connectivity index (χ3n) is 6.45. The molecule has 2 atom stereocenters. The van der Waals surface area contributed by atoms with Crippen molar-refractivity contribution in [1.29, 1.82) is 0 Å². The Labute approximate surface area is 192 Å². The van der Waals surface area contributed by atoms with Crippen molar-refractivity contribution >= 4 is 12.1 Å². The molecular weight excluding hydrogens is 418 g/mol. The van der Waals surface area contributed by atoms with Crippen LogP contribution in [0.5, 0.6) is 0 Å². The fourth-order valence-corrected chi connectivity index (χ4v) is 4.82. The summed E-state index contributed by atoms with van der Waals surface area (Å²) in [6.07, 6.45) is -0.728. The smallest absolute Gasteiger partial charge is 0.410 e. The van der Waals surface area contributed by atoms with Crippen LogP contribution >= 0.6 is 0 Å². The summed E-state index contributed by atoms with van der Waals surface area (Å²) in [6, 6.07) is 24.9. The second kappa shape index (κ2) is 9.08. The quantitative estimate of drug-likeness (QED) is 0.599. The van der Waals surface area contributed by atoms with Crippen LogP contribution in [0.15, 0.2) is 78.9 Å². The predicted octanol–water partition coefficient (Wildman–Crippen LogP) is 4.68. The van der Waals surface area contributed by atoms with Gasteiger partial charge in [0.15, 0.2) is 0 Å². The van der Waals surface area contributed by atoms with E-state index in [1.54, 1.807) is 0 Å². The maximum atomic E-state index is 12.9. The first-order valence-electron chi connectivity index (χ1n) is 11.1. The molecule has 168 valence electrons. The van der Waals surface area contributed by atoms with Crippen LogP contribution in [0.3, 0.4) is 0 Å². The molecule has 0 bridgehead atoms. The maximum absolute atomic E-state index is 12.9. The van der Waals surface area contributed by atoms with E-state index in [0.29, 0.717) is 6.61 Å². The standard InChI is InChI=1S/C27H25NO5/c29-26(30)25-14-19(32-16-18-8-2-1-3-9-18)15-28(25)27(31)33-17-24-22-12-6-4-10-20(22)21-11-5-7-13-23(21)24/h1-13,19,24-25H,14-17H2,(H,29,30). The number of ether oxygens (including phenoxy) is 2. The molecule has 1 N–H and O–H groups in total. The summed E-state index contributed by atoms with van der Waals surface area (Å²) in [6.45, 7) is 0.724. The molecule has 0 saturated carbocycles. The Morgan fingerprint density at radius 1 is 0.879 bits per heavy atom. The molecule has 0 spiro atoms. The van der Waals surface area contributed by atoms with E-state index < -0.39 is 18.1 Å². The largest absolute Gasteiger partial charge is 0.480 e. The predicted molar refractivity (Wildman–Crippen MR) is 123 cm³/mol. The minimum atomic E-state index is -1.05. The highest BCUT2D eigenvalue weighted by molar-refractivity contribution is 5.81. The molecule has 1 saturated heterocycles. The molecule has 1 fully saturated rings. The van der Waals surface area contributed by atoms with Gasteiger partial charge in [-0.25, -0.2) is 9.59 Å². The number of likely N-dealkylation sites (tertiary alicyclic amines) is 1. The van der Waals surface area contributed by atoms with Gasteiger partial charge in [0.1, 0.15) is 12.6 Å². The Bertz CT molecular complexity index is 1120. The number of rotatable bonds is 6. The summed E-state index contributed by atoms with van der Waals surface area (Å²) in [5, 5.41) is 9.67. The van der Waals surface area contributed by atoms with Gasteiger partial charge in [0, 0.05) is 12.3 Å². The molecule has 1 heterocycles. The van der Waals surface area contributed by atoms with Gasteiger partial charge in [-0.1, -0.05) is 78.9 Å². The number of amides is 1. The first-order chi connectivity index (χ1) is 16.1. The zero-order valence-electron chi connectivity index (χ0n) is 18.1. The van der Waals surface area contributed by atoms with Crippen molar-refractivity contribution in [3.05, 3.63) is 95.6 Å². The lowest BCUT2D eigenvalue weighted by molar-refractivity contribution is -0.141. The summed E-state index contributed by atoms with van der Waals surface area (Å²) in [5.74, 6) is -1.12. The molecule has 2 aliphatic rings. The second-order valence-corrected chi connectivity index (χ2v) is 8.46. The molecule has 6 heteroatoms. The Morgan fingerprint density at radius 3 is 2.12 bits per heavy atom. The van der Waals surface area contributed by atoms with E-state index >= 15 is 0 Å². The number of aliphatic carboxylic acids is 1. The number of hydrogen-bond donors (Lipinski definition) is 1. The Kier molecular flexibility index (Phi) is 5.84. The highest BCUT2D eigenvalue weighted by Gasteiger charge is 2.41. The average molecular weight is 443 g/mol. The molecule has 3 aromatic rings. The summed E-state index contributed by atoms with van der Waals surface area (Å²) in [4.78, 5) is 26.0. The monoisotopic (exact) mass is 443 g/mol. The van der Waals surface area contributed by atoms with Crippen LogP contribution in [0, 0.1) is 0 Å². The van der Waals surface area contributed by atoms with Gasteiger partial charge in [-0.2, -0.15) is 0 Å². The van der Waals surface area contributed by atoms with Crippen LogP contribution in [0.1, 0.15) is 29.0 Å². The van der Waals surface area contributed by atoms with Gasteiger partial charge >= 0.3 is 12.1 Å². The van der Waals surface area contributed by atoms with Crippen LogP contribution in [0.2, 0.25) is 0 Å². The van der Waals surface area contributed by atoms with E-state index in [1.165, 1.54) is 4.90 Å². The number of carboxylic acids is 1. The molecule has 1 aliphatic carbocycles. The highest BCUT2D eigenvalue weighted by atomic mass is 16.6. The third-order valence-corrected chi connectivity index (χ3v) is 6.45. The van der Waals surface area contributed by atoms with E-state index in [4.69, 9.17) is 9.47 Å². The van der Waals surface area contributed by atoms with Crippen molar-refractivity contribution in [3.8, 4) is 11.1 Å². The Balaban J connectivity index is 1.26. The zero-order valence-corrected chi connectivity index (χ0v) is 18.1. The molecule has 1 aliphatic heterocycles. The van der Waals surface area contributed by atoms with Gasteiger partial charge < -0.3 is 14.6 Å². The number of carbonyl (C=O) groups excluding carboxylic acids is 1. The molecule has 33 heavy (non-hydrogen) atoms. The van der Waals surface area contributed by atoms with Gasteiger partial charge in [-0.3, -0.25) is 4.90 Å². The highest BCUT2D eigenvalue weighted by Crippen LogP contribution is 2.44. The van der Waals surface area contributed by atoms with E-state index in [-0.39, 0.29) is 31.6 Å². The third kappa shape index (κ3) is 4.22. The van der Waals surface area contributed by atoms with Crippen LogP contribution < -0.4 is 0 Å². The number of nitrogens with zero attached hydrogens (tertiary/aromatic N) is 1. The van der Waals surface area contributed by atoms with E-state index in [0.717, 1.165) is 27.8 Å². The van der Waals surface area contributed by atoms with Crippen molar-refractivity contribution in [2.24, 2.45) is 0 Å². The normalized spacial score (nSPS) is 19.2. The van der Waals surface area contributed by atoms with Gasteiger partial charge in [0.25, 0.3) is 0 Å². The van der Waals surface area contributed by atoms with Gasteiger partial charge in [0.2, 0.25) is 0 Å². The number of benzene rings is 3. The van der Waals surface area contributed by atoms with Crippen LogP contribution in [0.25, 0.3) is 11.1 Å². The number of carbonyl (C=O) groups is 2. The summed E-state index contributed by atoms with van der Waals surface area (Å²) in [5.41, 5.74) is 5.53. The molecule has 1 amide bonds. The van der Waals surface area contributed by atoms with E-state index in [1.807, 2.05) is 54.6 Å². The minimum absolute atomic E-state index is 0.0719. The van der Waals surface area contributed by atoms with Crippen molar-refractivity contribution in [3.63, 3.8) is 0 Å². The Hall–Kier alpha value is -3.64. The molecule has 3 aromatic carbocycles. The molecule has 6 nitrogen and oxygen atoms in total. The first-order valence-corrected chi connectivity index (χ1v) is 11.1. The fraction of sp³-hybridized carbons (Fsp3) is 0.259. The topological polar surface area (TPSA) is 76.1 Å². The molecular formula is C27H25NO5. The number of carboxylic acid groups (broad SMARTS) is 1. The Morgan fingerprint density at radius 2 is 1.48 bits per heavy atom. The van der Waals surface area contributed by atoms with Crippen LogP contribution in [0.4, 0.5) is 4.79 Å². The van der Waals surface area contributed by atoms with Crippen molar-refractivity contribution < 1.29 is 24.2 Å². The van der Waals surface area contributed by atoms with Crippen molar-refractivity contribution in [2.75, 3.05) is 13.2 Å². The molecule has 0 radical (unpaired) electrons. The summed E-state index contributed by atoms with van der Waals surface area (Å²) >= 11 is 0. The SMILES string of the molecule is O=C(O)C1CC(OCc2ccccc2)CN1C(=O)OCC1c2ccccc2-c2ccccc21. The first kappa shape index (κ1) is 21.2. The van der Waals surface area contributed by atoms with Crippen LogP contribution in [-0.4, -0.2) is 47.4 Å². The van der Waals surface area contributed by atoms with Gasteiger partial charge in [-0.05, 0) is 27.8 Å². The lowest BCUT2D eigenvalue weighted by atomic mass is 9.98. The van der Waals surface area contributed by atoms with E-state index in [2.05, 4.69) is 24.3 Å². The van der Waals surface area contributed by atoms with Crippen LogP contribution in [-0.2, 0) is 20.9 Å². The minimum Gasteiger partial charge on any atom is -0.480 e. The summed E-state index contributed by atoms with van der Waals surface area (Å²) in [7, 11) is 0. The van der Waals surface area contributed by atoms with Gasteiger partial charge in [0.05, 0.1) is 19.3 Å². The average Bonchev–Trinajstić information content (AvgIpc) is 3.42. The van der Waals surface area contributed by atoms with Gasteiger partial charge in [-0.15, -0.1) is 0 Å².